The van der Waals surface area contributed by atoms with Gasteiger partial charge in [0.05, 0.1) is 49.6 Å². The van der Waals surface area contributed by atoms with Gasteiger partial charge in [0, 0.05) is 99.4 Å². The van der Waals surface area contributed by atoms with Crippen molar-refractivity contribution in [2.24, 2.45) is 40.9 Å². The maximum atomic E-state index is 12.5. The Balaban J connectivity index is 0.00000310. The van der Waals surface area contributed by atoms with Crippen molar-refractivity contribution in [2.45, 2.75) is 14.7 Å². The van der Waals surface area contributed by atoms with Crippen LogP contribution in [-0.4, -0.2) is 133 Å². The van der Waals surface area contributed by atoms with Crippen LogP contribution in [0.1, 0.15) is 0 Å². The van der Waals surface area contributed by atoms with Crippen molar-refractivity contribution in [3.05, 3.63) is 115 Å². The van der Waals surface area contributed by atoms with Crippen molar-refractivity contribution >= 4 is 181 Å². The van der Waals surface area contributed by atoms with Crippen LogP contribution in [0.25, 0.3) is 10.8 Å². The summed E-state index contributed by atoms with van der Waals surface area (Å²) in [6.07, 6.45) is 0. The summed E-state index contributed by atoms with van der Waals surface area (Å²) in [6.45, 7) is 0. The van der Waals surface area contributed by atoms with E-state index in [1.165, 1.54) is 84.9 Å². The summed E-state index contributed by atoms with van der Waals surface area (Å²) in [5.74, 6) is -0.650. The molecule has 0 bridgehead atoms. The number of phenols is 1. The normalized spacial score (nSPS) is 12.2. The summed E-state index contributed by atoms with van der Waals surface area (Å²) in [7, 11) is -13.7. The fraction of sp³-hybridized carbons (Fsp3) is 0. The number of fused-ring (bicyclic) bond motifs is 1. The summed E-state index contributed by atoms with van der Waals surface area (Å²) in [5, 5.41) is 43.6. The van der Waals surface area contributed by atoms with E-state index in [0.717, 1.165) is 6.07 Å². The second-order valence-electron chi connectivity index (χ2n) is 11.4. The molecule has 0 aliphatic rings. The number of hydrogen-bond acceptors (Lipinski definition) is 16. The molecular weight excluding hydrogens is 860 g/mol. The van der Waals surface area contributed by atoms with Crippen LogP contribution in [-0.2, 0) is 30.4 Å². The molecular formula is C34H25N9Na3O10S3. The minimum atomic E-state index is -5.00. The van der Waals surface area contributed by atoms with Gasteiger partial charge in [-0.15, -0.1) is 10.2 Å². The zero-order valence-corrected chi connectivity index (χ0v) is 39.5. The van der Waals surface area contributed by atoms with Crippen LogP contribution in [0.3, 0.4) is 0 Å². The molecule has 6 rings (SSSR count). The number of anilines is 1. The topological polar surface area (TPSA) is 308 Å². The van der Waals surface area contributed by atoms with Gasteiger partial charge in [0.1, 0.15) is 16.3 Å². The minimum absolute atomic E-state index is 0. The number of benzene rings is 6. The maximum Gasteiger partial charge on any atom is 0.296 e. The Labute approximate surface area is 402 Å². The predicted octanol–water partition coefficient (Wildman–Crippen LogP) is 8.39. The molecule has 0 aliphatic heterocycles. The molecule has 0 fully saturated rings. The van der Waals surface area contributed by atoms with Crippen LogP contribution < -0.4 is 5.73 Å². The van der Waals surface area contributed by atoms with Crippen LogP contribution in [0.5, 0.6) is 5.75 Å². The molecule has 6 aromatic rings. The van der Waals surface area contributed by atoms with E-state index in [9.17, 15) is 34.9 Å². The summed E-state index contributed by atoms with van der Waals surface area (Å²) in [4.78, 5) is -1.38. The van der Waals surface area contributed by atoms with Gasteiger partial charge >= 0.3 is 0 Å². The molecule has 6 N–H and O–H groups in total. The Bertz CT molecular complexity index is 2940. The monoisotopic (exact) mass is 884 g/mol. The first-order chi connectivity index (χ1) is 26.5. The zero-order chi connectivity index (χ0) is 40.3. The van der Waals surface area contributed by atoms with E-state index in [2.05, 4.69) is 40.9 Å². The van der Waals surface area contributed by atoms with Crippen LogP contribution in [0.4, 0.5) is 51.2 Å². The average molecular weight is 885 g/mol. The molecule has 0 aliphatic carbocycles. The van der Waals surface area contributed by atoms with Gasteiger partial charge < -0.3 is 10.8 Å². The van der Waals surface area contributed by atoms with E-state index in [0.29, 0.717) is 28.4 Å². The van der Waals surface area contributed by atoms with E-state index in [1.807, 2.05) is 0 Å². The van der Waals surface area contributed by atoms with Crippen LogP contribution >= 0.6 is 0 Å². The zero-order valence-electron chi connectivity index (χ0n) is 31.1. The second kappa shape index (κ2) is 20.7. The molecule has 0 atom stereocenters. The standard InChI is InChI=1S/C34H25N9O10S3.3Na/c35-30-18-17-28-29(32(30)42-40-22-5-1-20(2-6-22)36-38-24-9-13-26(14-10-24)54(45,46)47)19-31(56(51,52)53)33(34(28)44)43-41-23-7-3-21(4-8-23)37-39-25-11-15-27(16-12-25)55(48,49)50;;;/h1-19,44H,35H2,(H,45,46,47)(H,48,49,50)(H,51,52,53);;;. The van der Waals surface area contributed by atoms with Gasteiger partial charge in [-0.3, -0.25) is 13.7 Å². The Morgan fingerprint density at radius 2 is 0.695 bits per heavy atom. The Kier molecular flexibility index (Phi) is 17.4. The summed E-state index contributed by atoms with van der Waals surface area (Å²) in [6, 6.07) is 26.1. The fourth-order valence-electron chi connectivity index (χ4n) is 4.81. The maximum absolute atomic E-state index is 12.5. The second-order valence-corrected chi connectivity index (χ2v) is 15.6. The first-order valence-corrected chi connectivity index (χ1v) is 19.9. The fourth-order valence-corrected chi connectivity index (χ4v) is 6.42. The molecule has 287 valence electrons. The Morgan fingerprint density at radius 1 is 0.390 bits per heavy atom. The first kappa shape index (κ1) is 49.7. The molecule has 0 heterocycles. The quantitative estimate of drug-likeness (QED) is 0.0356. The average Bonchev–Trinajstić information content (AvgIpc) is 3.15. The molecule has 0 saturated heterocycles. The van der Waals surface area contributed by atoms with Crippen LogP contribution in [0, 0.1) is 0 Å². The molecule has 0 amide bonds. The SMILES string of the molecule is Nc1ccc2c(O)c(N=Nc3ccc(N=Nc4ccc(S(=O)(=O)O)cc4)cc3)c(S(=O)(=O)O)cc2c1N=Nc1ccc(N=Nc2ccc(S(=O)(=O)O)cc2)cc1.[Na].[Na].[Na]. The van der Waals surface area contributed by atoms with Crippen molar-refractivity contribution in [2.75, 3.05) is 5.73 Å². The van der Waals surface area contributed by atoms with E-state index in [-0.39, 0.29) is 126 Å². The minimum Gasteiger partial charge on any atom is -0.505 e. The van der Waals surface area contributed by atoms with Gasteiger partial charge in [0.25, 0.3) is 30.4 Å². The van der Waals surface area contributed by atoms with E-state index in [1.54, 1.807) is 24.3 Å². The van der Waals surface area contributed by atoms with Gasteiger partial charge in [-0.1, -0.05) is 0 Å². The predicted molar refractivity (Wildman–Crippen MR) is 219 cm³/mol. The van der Waals surface area contributed by atoms with Gasteiger partial charge in [-0.25, -0.2) is 0 Å². The van der Waals surface area contributed by atoms with E-state index >= 15 is 0 Å². The van der Waals surface area contributed by atoms with Crippen molar-refractivity contribution in [3.63, 3.8) is 0 Å². The Hall–Kier alpha value is -3.69. The molecule has 6 aromatic carbocycles. The molecule has 59 heavy (non-hydrogen) atoms. The number of nitrogens with zero attached hydrogens (tertiary/aromatic N) is 8. The molecule has 0 spiro atoms. The van der Waals surface area contributed by atoms with Gasteiger partial charge in [0.15, 0.2) is 5.75 Å². The van der Waals surface area contributed by atoms with Crippen LogP contribution in [0.2, 0.25) is 0 Å². The summed E-state index contributed by atoms with van der Waals surface area (Å²) < 4.78 is 98.2. The summed E-state index contributed by atoms with van der Waals surface area (Å²) >= 11 is 0. The largest absolute Gasteiger partial charge is 0.505 e. The number of hydrogen-bond donors (Lipinski definition) is 5. The number of azo groups is 4. The van der Waals surface area contributed by atoms with Crippen molar-refractivity contribution in [1.82, 2.24) is 0 Å². The van der Waals surface area contributed by atoms with Crippen LogP contribution in [0.15, 0.2) is 171 Å². The van der Waals surface area contributed by atoms with Crippen molar-refractivity contribution in [3.8, 4) is 5.75 Å². The van der Waals surface area contributed by atoms with Crippen molar-refractivity contribution < 1.29 is 44.0 Å². The number of nitrogens with two attached hydrogens (primary N) is 1. The summed E-state index contributed by atoms with van der Waals surface area (Å²) in [5.41, 5.74) is 7.56. The molecule has 19 nitrogen and oxygen atoms in total. The Morgan fingerprint density at radius 3 is 1.02 bits per heavy atom. The first-order valence-electron chi connectivity index (χ1n) is 15.5. The number of phenolic OH excluding ortho intramolecular Hbond substituents is 1. The molecule has 25 heteroatoms. The number of aromatic hydroxyl groups is 1. The molecule has 3 radical (unpaired) electrons. The molecule has 0 aromatic heterocycles. The number of nitrogen functional groups attached to an aromatic ring is 1. The van der Waals surface area contributed by atoms with E-state index in [4.69, 9.17) is 14.8 Å². The van der Waals surface area contributed by atoms with Crippen molar-refractivity contribution in [1.29, 1.82) is 0 Å². The molecule has 0 unspecified atom stereocenters. The van der Waals surface area contributed by atoms with Gasteiger partial charge in [0.2, 0.25) is 0 Å². The third kappa shape index (κ3) is 12.9. The number of rotatable bonds is 11. The van der Waals surface area contributed by atoms with E-state index < -0.39 is 46.7 Å². The third-order valence-corrected chi connectivity index (χ3v) is 10.2. The van der Waals surface area contributed by atoms with Gasteiger partial charge in [-0.2, -0.15) is 55.9 Å². The third-order valence-electron chi connectivity index (χ3n) is 7.58. The molecule has 0 saturated carbocycles. The van der Waals surface area contributed by atoms with Gasteiger partial charge in [-0.05, 0) is 115 Å². The smallest absolute Gasteiger partial charge is 0.296 e.